The average Bonchev–Trinajstić information content (AvgIpc) is 2.47. The minimum absolute atomic E-state index is 0.0897. The summed E-state index contributed by atoms with van der Waals surface area (Å²) in [5, 5.41) is 19.4. The van der Waals surface area contributed by atoms with E-state index < -0.39 is 14.9 Å². The Hall–Kier alpha value is -2.02. The van der Waals surface area contributed by atoms with Crippen LogP contribution in [0.5, 0.6) is 0 Å². The number of sulfonamides is 1. The van der Waals surface area contributed by atoms with E-state index >= 15 is 0 Å². The van der Waals surface area contributed by atoms with E-state index in [1.807, 2.05) is 11.0 Å². The summed E-state index contributed by atoms with van der Waals surface area (Å²) < 4.78 is 26.6. The first-order valence-corrected chi connectivity index (χ1v) is 8.15. The van der Waals surface area contributed by atoms with E-state index in [4.69, 9.17) is 5.26 Å². The highest BCUT2D eigenvalue weighted by Crippen LogP contribution is 2.24. The molecule has 2 rings (SSSR count). The lowest BCUT2D eigenvalue weighted by Crippen LogP contribution is -2.48. The lowest BCUT2D eigenvalue weighted by Gasteiger charge is -2.32. The Labute approximate surface area is 128 Å². The van der Waals surface area contributed by atoms with E-state index in [2.05, 4.69) is 0 Å². The summed E-state index contributed by atoms with van der Waals surface area (Å²) >= 11 is 0. The van der Waals surface area contributed by atoms with E-state index in [-0.39, 0.29) is 17.1 Å². The van der Waals surface area contributed by atoms with Gasteiger partial charge in [-0.25, -0.2) is 8.42 Å². The monoisotopic (exact) mass is 324 g/mol. The molecule has 1 heterocycles. The van der Waals surface area contributed by atoms with Crippen LogP contribution in [0.25, 0.3) is 0 Å². The van der Waals surface area contributed by atoms with Gasteiger partial charge in [0.15, 0.2) is 0 Å². The van der Waals surface area contributed by atoms with Crippen LogP contribution in [0.1, 0.15) is 5.56 Å². The Bertz CT molecular complexity index is 718. The van der Waals surface area contributed by atoms with Crippen LogP contribution in [0.2, 0.25) is 0 Å². The molecule has 22 heavy (non-hydrogen) atoms. The number of rotatable bonds is 4. The van der Waals surface area contributed by atoms with Crippen molar-refractivity contribution in [2.75, 3.05) is 32.7 Å². The molecule has 0 atom stereocenters. The van der Waals surface area contributed by atoms with Gasteiger partial charge < -0.3 is 0 Å². The summed E-state index contributed by atoms with van der Waals surface area (Å²) in [6.07, 6.45) is 0. The molecule has 0 spiro atoms. The highest BCUT2D eigenvalue weighted by atomic mass is 32.2. The van der Waals surface area contributed by atoms with Gasteiger partial charge in [0.1, 0.15) is 0 Å². The summed E-state index contributed by atoms with van der Waals surface area (Å²) in [6.45, 7) is 3.44. The average molecular weight is 324 g/mol. The summed E-state index contributed by atoms with van der Waals surface area (Å²) in [5.41, 5.74) is 0.226. The predicted molar refractivity (Wildman–Crippen MR) is 78.6 cm³/mol. The van der Waals surface area contributed by atoms with Crippen molar-refractivity contribution in [1.29, 1.82) is 5.26 Å². The summed E-state index contributed by atoms with van der Waals surface area (Å²) in [7, 11) is -3.67. The lowest BCUT2D eigenvalue weighted by molar-refractivity contribution is -0.385. The molecule has 1 aliphatic rings. The maximum atomic E-state index is 12.6. The molecule has 9 heteroatoms. The third-order valence-corrected chi connectivity index (χ3v) is 5.67. The molecule has 1 saturated heterocycles. The molecule has 8 nitrogen and oxygen atoms in total. The molecule has 0 N–H and O–H groups in total. The van der Waals surface area contributed by atoms with Crippen molar-refractivity contribution in [3.63, 3.8) is 0 Å². The van der Waals surface area contributed by atoms with Crippen LogP contribution in [-0.4, -0.2) is 55.3 Å². The maximum absolute atomic E-state index is 12.6. The topological polar surface area (TPSA) is 108 Å². The van der Waals surface area contributed by atoms with Gasteiger partial charge in [-0.3, -0.25) is 15.0 Å². The Morgan fingerprint density at radius 3 is 2.45 bits per heavy atom. The Morgan fingerprint density at radius 1 is 1.32 bits per heavy atom. The number of nitro benzene ring substituents is 1. The molecule has 0 bridgehead atoms. The second-order valence-corrected chi connectivity index (χ2v) is 6.95. The van der Waals surface area contributed by atoms with Gasteiger partial charge in [0.05, 0.1) is 22.4 Å². The minimum Gasteiger partial charge on any atom is -0.288 e. The molecule has 1 aromatic rings. The lowest BCUT2D eigenvalue weighted by atomic mass is 10.2. The highest BCUT2D eigenvalue weighted by Gasteiger charge is 2.30. The van der Waals surface area contributed by atoms with Gasteiger partial charge in [0.25, 0.3) is 5.69 Å². The van der Waals surface area contributed by atoms with Crippen molar-refractivity contribution in [3.05, 3.63) is 33.9 Å². The quantitative estimate of drug-likeness (QED) is 0.459. The number of hydrogen-bond acceptors (Lipinski definition) is 6. The van der Waals surface area contributed by atoms with Crippen LogP contribution in [0.3, 0.4) is 0 Å². The van der Waals surface area contributed by atoms with Crippen LogP contribution in [0, 0.1) is 28.4 Å². The Morgan fingerprint density at radius 2 is 1.95 bits per heavy atom. The molecule has 0 aliphatic carbocycles. The summed E-state index contributed by atoms with van der Waals surface area (Å²) in [6, 6.07) is 5.79. The molecule has 0 radical (unpaired) electrons. The van der Waals surface area contributed by atoms with Gasteiger partial charge in [0.2, 0.25) is 10.0 Å². The van der Waals surface area contributed by atoms with Crippen LogP contribution in [0.4, 0.5) is 5.69 Å². The van der Waals surface area contributed by atoms with Crippen LogP contribution in [0.15, 0.2) is 23.1 Å². The van der Waals surface area contributed by atoms with Gasteiger partial charge in [-0.1, -0.05) is 0 Å². The largest absolute Gasteiger partial charge is 0.288 e. The number of nitro groups is 1. The molecule has 0 saturated carbocycles. The maximum Gasteiger partial charge on any atom is 0.269 e. The number of hydrogen-bond donors (Lipinski definition) is 0. The number of nitriles is 1. The van der Waals surface area contributed by atoms with Crippen molar-refractivity contribution in [3.8, 4) is 6.07 Å². The molecule has 1 aliphatic heterocycles. The van der Waals surface area contributed by atoms with Crippen molar-refractivity contribution in [2.45, 2.75) is 11.8 Å². The van der Waals surface area contributed by atoms with Crippen LogP contribution >= 0.6 is 0 Å². The van der Waals surface area contributed by atoms with E-state index in [0.717, 1.165) is 0 Å². The zero-order chi connectivity index (χ0) is 16.3. The predicted octanol–water partition coefficient (Wildman–Crippen LogP) is 0.733. The first-order chi connectivity index (χ1) is 10.4. The van der Waals surface area contributed by atoms with Crippen LogP contribution in [-0.2, 0) is 10.0 Å². The first-order valence-electron chi connectivity index (χ1n) is 6.71. The highest BCUT2D eigenvalue weighted by molar-refractivity contribution is 7.89. The normalized spacial score (nSPS) is 17.1. The zero-order valence-corrected chi connectivity index (χ0v) is 12.9. The molecule has 0 amide bonds. The molecular weight excluding hydrogens is 308 g/mol. The standard InChI is InChI=1S/C13H16N4O4S/c1-11-10-12(17(18)19)2-3-13(11)22(20,21)16-8-6-15(5-4-14)7-9-16/h2-3,10H,5-9H2,1H3. The second-order valence-electron chi connectivity index (χ2n) is 5.05. The fourth-order valence-electron chi connectivity index (χ4n) is 2.40. The van der Waals surface area contributed by atoms with Crippen molar-refractivity contribution < 1.29 is 13.3 Å². The molecular formula is C13H16N4O4S. The number of piperazine rings is 1. The Kier molecular flexibility index (Phi) is 4.75. The number of benzene rings is 1. The van der Waals surface area contributed by atoms with E-state index in [1.54, 1.807) is 6.92 Å². The van der Waals surface area contributed by atoms with Gasteiger partial charge in [-0.05, 0) is 18.6 Å². The third kappa shape index (κ3) is 3.24. The fraction of sp³-hybridized carbons (Fsp3) is 0.462. The molecule has 118 valence electrons. The smallest absolute Gasteiger partial charge is 0.269 e. The molecule has 1 aromatic carbocycles. The van der Waals surface area contributed by atoms with Gasteiger partial charge >= 0.3 is 0 Å². The number of non-ortho nitro benzene ring substituents is 1. The van der Waals surface area contributed by atoms with E-state index in [0.29, 0.717) is 31.7 Å². The summed E-state index contributed by atoms with van der Waals surface area (Å²) in [5.74, 6) is 0. The third-order valence-electron chi connectivity index (χ3n) is 3.61. The van der Waals surface area contributed by atoms with Crippen LogP contribution < -0.4 is 0 Å². The fourth-order valence-corrected chi connectivity index (χ4v) is 4.03. The van der Waals surface area contributed by atoms with Gasteiger partial charge in [0, 0.05) is 38.3 Å². The van der Waals surface area contributed by atoms with Gasteiger partial charge in [-0.15, -0.1) is 0 Å². The molecule has 1 fully saturated rings. The molecule has 0 unspecified atom stereocenters. The second kappa shape index (κ2) is 6.39. The first kappa shape index (κ1) is 16.4. The Balaban J connectivity index is 2.21. The minimum atomic E-state index is -3.67. The van der Waals surface area contributed by atoms with Crippen molar-refractivity contribution in [2.24, 2.45) is 0 Å². The molecule has 0 aromatic heterocycles. The van der Waals surface area contributed by atoms with E-state index in [1.165, 1.54) is 22.5 Å². The van der Waals surface area contributed by atoms with Crippen molar-refractivity contribution >= 4 is 15.7 Å². The zero-order valence-electron chi connectivity index (χ0n) is 12.1. The number of aryl methyl sites for hydroxylation is 1. The SMILES string of the molecule is Cc1cc([N+](=O)[O-])ccc1S(=O)(=O)N1CCN(CC#N)CC1. The van der Waals surface area contributed by atoms with E-state index in [9.17, 15) is 18.5 Å². The van der Waals surface area contributed by atoms with Gasteiger partial charge in [-0.2, -0.15) is 9.57 Å². The van der Waals surface area contributed by atoms with Crippen molar-refractivity contribution in [1.82, 2.24) is 9.21 Å². The number of nitrogens with zero attached hydrogens (tertiary/aromatic N) is 4. The summed E-state index contributed by atoms with van der Waals surface area (Å²) in [4.78, 5) is 12.1.